The highest BCUT2D eigenvalue weighted by Gasteiger charge is 2.31. The molecule has 2 aromatic heterocycles. The maximum absolute atomic E-state index is 12.9. The number of halogens is 3. The minimum absolute atomic E-state index is 0.184. The predicted molar refractivity (Wildman–Crippen MR) is 109 cm³/mol. The van der Waals surface area contributed by atoms with E-state index in [4.69, 9.17) is 4.74 Å². The minimum Gasteiger partial charge on any atom is -0.490 e. The molecular weight excluding hydrogens is 409 g/mol. The fourth-order valence-corrected chi connectivity index (χ4v) is 3.77. The summed E-state index contributed by atoms with van der Waals surface area (Å²) in [5, 5.41) is 9.19. The number of benzene rings is 1. The third-order valence-electron chi connectivity index (χ3n) is 5.43. The lowest BCUT2D eigenvalue weighted by Crippen LogP contribution is -2.39. The van der Waals surface area contributed by atoms with E-state index in [-0.39, 0.29) is 23.1 Å². The van der Waals surface area contributed by atoms with E-state index in [1.54, 1.807) is 19.2 Å². The summed E-state index contributed by atoms with van der Waals surface area (Å²) in [5.74, 6) is 0.188. The van der Waals surface area contributed by atoms with Crippen molar-refractivity contribution in [3.63, 3.8) is 0 Å². The third kappa shape index (κ3) is 4.19. The summed E-state index contributed by atoms with van der Waals surface area (Å²) in [6, 6.07) is 11.7. The lowest BCUT2D eigenvalue weighted by atomic mass is 10.1. The van der Waals surface area contributed by atoms with Gasteiger partial charge in [-0.1, -0.05) is 6.07 Å². The molecular formula is C22H19F3N4O2. The van der Waals surface area contributed by atoms with Crippen LogP contribution in [0.15, 0.2) is 47.3 Å². The van der Waals surface area contributed by atoms with Crippen LogP contribution in [-0.2, 0) is 13.2 Å². The molecule has 1 aliphatic rings. The van der Waals surface area contributed by atoms with Gasteiger partial charge in [0.05, 0.1) is 16.8 Å². The lowest BCUT2D eigenvalue weighted by molar-refractivity contribution is -0.137. The second-order valence-electron chi connectivity index (χ2n) is 7.43. The number of nitriles is 1. The van der Waals surface area contributed by atoms with Crippen LogP contribution in [0.5, 0.6) is 5.75 Å². The number of hydrogen-bond acceptors (Lipinski definition) is 5. The molecule has 1 saturated heterocycles. The normalized spacial score (nSPS) is 15.1. The Bertz CT molecular complexity index is 1220. The molecule has 0 spiro atoms. The molecule has 0 bridgehead atoms. The monoisotopic (exact) mass is 428 g/mol. The molecule has 3 heterocycles. The van der Waals surface area contributed by atoms with Crippen molar-refractivity contribution in [3.05, 3.63) is 64.1 Å². The molecule has 6 nitrogen and oxygen atoms in total. The van der Waals surface area contributed by atoms with Crippen molar-refractivity contribution in [3.8, 4) is 11.8 Å². The zero-order valence-corrected chi connectivity index (χ0v) is 16.7. The minimum atomic E-state index is -4.42. The van der Waals surface area contributed by atoms with Crippen molar-refractivity contribution in [2.45, 2.75) is 25.1 Å². The summed E-state index contributed by atoms with van der Waals surface area (Å²) in [5.41, 5.74) is 1.18. The van der Waals surface area contributed by atoms with Gasteiger partial charge in [0, 0.05) is 39.0 Å². The van der Waals surface area contributed by atoms with Crippen molar-refractivity contribution < 1.29 is 17.9 Å². The van der Waals surface area contributed by atoms with Crippen molar-refractivity contribution in [2.75, 3.05) is 18.0 Å². The summed E-state index contributed by atoms with van der Waals surface area (Å²) >= 11 is 0. The van der Waals surface area contributed by atoms with Gasteiger partial charge < -0.3 is 14.2 Å². The number of pyridine rings is 2. The van der Waals surface area contributed by atoms with Gasteiger partial charge in [0.25, 0.3) is 5.56 Å². The number of alkyl halides is 3. The molecule has 0 N–H and O–H groups in total. The Hall–Kier alpha value is -3.54. The van der Waals surface area contributed by atoms with Gasteiger partial charge in [0.1, 0.15) is 29.1 Å². The number of fused-ring (bicyclic) bond motifs is 1. The van der Waals surface area contributed by atoms with Crippen LogP contribution in [0.1, 0.15) is 24.1 Å². The van der Waals surface area contributed by atoms with E-state index in [1.165, 1.54) is 22.8 Å². The average molecular weight is 428 g/mol. The first kappa shape index (κ1) is 20.7. The van der Waals surface area contributed by atoms with Crippen molar-refractivity contribution in [1.82, 2.24) is 9.55 Å². The molecule has 1 aliphatic heterocycles. The van der Waals surface area contributed by atoms with Crippen LogP contribution in [0.3, 0.4) is 0 Å². The fraction of sp³-hybridized carbons (Fsp3) is 0.318. The van der Waals surface area contributed by atoms with Crippen LogP contribution in [0.2, 0.25) is 0 Å². The van der Waals surface area contributed by atoms with Crippen molar-refractivity contribution >= 4 is 16.7 Å². The second kappa shape index (κ2) is 7.95. The van der Waals surface area contributed by atoms with Gasteiger partial charge in [-0.25, -0.2) is 4.98 Å². The van der Waals surface area contributed by atoms with Crippen LogP contribution in [-0.4, -0.2) is 28.7 Å². The van der Waals surface area contributed by atoms with Gasteiger partial charge in [-0.2, -0.15) is 18.4 Å². The molecule has 0 amide bonds. The van der Waals surface area contributed by atoms with Crippen LogP contribution in [0.4, 0.5) is 18.9 Å². The van der Waals surface area contributed by atoms with E-state index in [0.29, 0.717) is 42.7 Å². The molecule has 1 fully saturated rings. The molecule has 3 aromatic rings. The molecule has 0 atom stereocenters. The van der Waals surface area contributed by atoms with Crippen LogP contribution in [0, 0.1) is 11.3 Å². The summed E-state index contributed by atoms with van der Waals surface area (Å²) < 4.78 is 46.0. The van der Waals surface area contributed by atoms with E-state index >= 15 is 0 Å². The summed E-state index contributed by atoms with van der Waals surface area (Å²) in [4.78, 5) is 18.8. The first-order chi connectivity index (χ1) is 14.8. The summed E-state index contributed by atoms with van der Waals surface area (Å²) in [6.45, 7) is 1.09. The molecule has 0 radical (unpaired) electrons. The van der Waals surface area contributed by atoms with E-state index in [9.17, 15) is 23.2 Å². The topological polar surface area (TPSA) is 71.2 Å². The Morgan fingerprint density at radius 2 is 1.90 bits per heavy atom. The number of ether oxygens (including phenoxy) is 1. The zero-order chi connectivity index (χ0) is 22.2. The maximum atomic E-state index is 12.9. The molecule has 0 unspecified atom stereocenters. The Balaban J connectivity index is 1.53. The van der Waals surface area contributed by atoms with E-state index in [2.05, 4.69) is 4.98 Å². The van der Waals surface area contributed by atoms with Gasteiger partial charge in [-0.15, -0.1) is 0 Å². The first-order valence-corrected chi connectivity index (χ1v) is 9.76. The SMILES string of the molecule is Cn1c(=O)cc(N2CCC(Oc3cccc(C(F)(F)F)c3)CC2)c2nc(C#N)ccc21. The number of hydrogen-bond donors (Lipinski definition) is 0. The first-order valence-electron chi connectivity index (χ1n) is 9.76. The third-order valence-corrected chi connectivity index (χ3v) is 5.43. The highest BCUT2D eigenvalue weighted by atomic mass is 19.4. The highest BCUT2D eigenvalue weighted by Crippen LogP contribution is 2.32. The smallest absolute Gasteiger partial charge is 0.416 e. The van der Waals surface area contributed by atoms with Crippen molar-refractivity contribution in [1.29, 1.82) is 5.26 Å². The lowest BCUT2D eigenvalue weighted by Gasteiger charge is -2.34. The zero-order valence-electron chi connectivity index (χ0n) is 16.7. The Morgan fingerprint density at radius 1 is 1.16 bits per heavy atom. The average Bonchev–Trinajstić information content (AvgIpc) is 2.76. The number of piperidine rings is 1. The van der Waals surface area contributed by atoms with Gasteiger partial charge in [-0.05, 0) is 30.3 Å². The molecule has 9 heteroatoms. The molecule has 160 valence electrons. The summed E-state index contributed by atoms with van der Waals surface area (Å²) in [7, 11) is 1.65. The molecule has 31 heavy (non-hydrogen) atoms. The molecule has 0 aliphatic carbocycles. The van der Waals surface area contributed by atoms with Gasteiger partial charge >= 0.3 is 6.18 Å². The Morgan fingerprint density at radius 3 is 2.58 bits per heavy atom. The van der Waals surface area contributed by atoms with E-state index in [1.807, 2.05) is 11.0 Å². The van der Waals surface area contributed by atoms with Gasteiger partial charge in [-0.3, -0.25) is 4.79 Å². The van der Waals surface area contributed by atoms with Gasteiger partial charge in [0.2, 0.25) is 0 Å². The van der Waals surface area contributed by atoms with Crippen LogP contribution in [0.25, 0.3) is 11.0 Å². The Labute approximate surface area is 176 Å². The van der Waals surface area contributed by atoms with Gasteiger partial charge in [0.15, 0.2) is 0 Å². The predicted octanol–water partition coefficient (Wildman–Crippen LogP) is 3.87. The van der Waals surface area contributed by atoms with E-state index in [0.717, 1.165) is 12.1 Å². The maximum Gasteiger partial charge on any atom is 0.416 e. The number of aromatic nitrogens is 2. The largest absolute Gasteiger partial charge is 0.490 e. The molecule has 1 aromatic carbocycles. The number of aryl methyl sites for hydroxylation is 1. The Kier molecular flexibility index (Phi) is 5.31. The molecule has 4 rings (SSSR count). The van der Waals surface area contributed by atoms with Crippen molar-refractivity contribution in [2.24, 2.45) is 7.05 Å². The van der Waals surface area contributed by atoms with E-state index < -0.39 is 11.7 Å². The van der Waals surface area contributed by atoms with Crippen LogP contribution >= 0.6 is 0 Å². The highest BCUT2D eigenvalue weighted by molar-refractivity contribution is 5.88. The second-order valence-corrected chi connectivity index (χ2v) is 7.43. The number of nitrogens with zero attached hydrogens (tertiary/aromatic N) is 4. The molecule has 0 saturated carbocycles. The number of rotatable bonds is 3. The standard InChI is InChI=1S/C22H19F3N4O2/c1-28-18-6-5-15(13-26)27-21(18)19(12-20(28)30)29-9-7-16(8-10-29)31-17-4-2-3-14(11-17)22(23,24)25/h2-6,11-12,16H,7-10H2,1H3. The number of anilines is 1. The quantitative estimate of drug-likeness (QED) is 0.633. The summed E-state index contributed by atoms with van der Waals surface area (Å²) in [6.07, 6.45) is -3.51. The fourth-order valence-electron chi connectivity index (χ4n) is 3.77. The van der Waals surface area contributed by atoms with Crippen LogP contribution < -0.4 is 15.2 Å².